The molecule has 0 fully saturated rings. The first-order chi connectivity index (χ1) is 8.00. The lowest BCUT2D eigenvalue weighted by atomic mass is 9.93. The topological polar surface area (TPSA) is 25.2 Å². The van der Waals surface area contributed by atoms with E-state index in [1.165, 1.54) is 6.26 Å². The van der Waals surface area contributed by atoms with Crippen LogP contribution in [0.25, 0.3) is 0 Å². The normalized spacial score (nSPS) is 20.6. The van der Waals surface area contributed by atoms with Gasteiger partial charge in [-0.05, 0) is 18.9 Å². The van der Waals surface area contributed by atoms with E-state index in [0.29, 0.717) is 6.42 Å². The highest BCUT2D eigenvalue weighted by Crippen LogP contribution is 2.31. The van der Waals surface area contributed by atoms with Crippen LogP contribution in [0, 0.1) is 0 Å². The summed E-state index contributed by atoms with van der Waals surface area (Å²) in [4.78, 5) is 0. The molecule has 1 aliphatic rings. The quantitative estimate of drug-likeness (QED) is 0.831. The van der Waals surface area contributed by atoms with Crippen molar-refractivity contribution in [1.29, 1.82) is 0 Å². The van der Waals surface area contributed by atoms with Crippen molar-refractivity contribution in [3.63, 3.8) is 0 Å². The van der Waals surface area contributed by atoms with Crippen LogP contribution in [0.2, 0.25) is 0 Å². The minimum atomic E-state index is -3.98. The van der Waals surface area contributed by atoms with Crippen molar-refractivity contribution in [3.8, 4) is 0 Å². The van der Waals surface area contributed by atoms with Gasteiger partial charge in [-0.3, -0.25) is 0 Å². The summed E-state index contributed by atoms with van der Waals surface area (Å²) in [5.74, 6) is -3.23. The average molecular weight is 251 g/mol. The van der Waals surface area contributed by atoms with Crippen LogP contribution in [-0.4, -0.2) is 18.9 Å². The maximum absolute atomic E-state index is 12.8. The SMILES string of the molecule is FC(F)C(F)(F)CNC1CCCc2occc21. The molecule has 6 heteroatoms. The maximum atomic E-state index is 12.8. The van der Waals surface area contributed by atoms with Crippen LogP contribution >= 0.6 is 0 Å². The van der Waals surface area contributed by atoms with Gasteiger partial charge in [0.1, 0.15) is 5.76 Å². The molecule has 1 N–H and O–H groups in total. The summed E-state index contributed by atoms with van der Waals surface area (Å²) in [5.41, 5.74) is 0.807. The molecule has 0 spiro atoms. The van der Waals surface area contributed by atoms with Crippen molar-refractivity contribution in [2.75, 3.05) is 6.54 Å². The van der Waals surface area contributed by atoms with E-state index in [9.17, 15) is 17.6 Å². The molecule has 1 heterocycles. The second-order valence-corrected chi connectivity index (χ2v) is 4.19. The Labute approximate surface area is 96.0 Å². The smallest absolute Gasteiger partial charge is 0.319 e. The van der Waals surface area contributed by atoms with Crippen molar-refractivity contribution in [2.45, 2.75) is 37.7 Å². The number of rotatable bonds is 4. The Morgan fingerprint density at radius 3 is 2.94 bits per heavy atom. The summed E-state index contributed by atoms with van der Waals surface area (Å²) in [5, 5.41) is 2.50. The molecule has 1 atom stereocenters. The third-order valence-corrected chi connectivity index (χ3v) is 2.96. The summed E-state index contributed by atoms with van der Waals surface area (Å²) in [7, 11) is 0. The lowest BCUT2D eigenvalue weighted by Crippen LogP contribution is -2.40. The molecule has 0 aromatic carbocycles. The standard InChI is InChI=1S/C11H13F4NO/c12-10(13)11(14,15)6-16-8-2-1-3-9-7(8)4-5-17-9/h4-5,8,10,16H,1-3,6H2. The number of hydrogen-bond donors (Lipinski definition) is 1. The van der Waals surface area contributed by atoms with Crippen LogP contribution < -0.4 is 5.32 Å². The van der Waals surface area contributed by atoms with Gasteiger partial charge in [0.15, 0.2) is 0 Å². The fraction of sp³-hybridized carbons (Fsp3) is 0.636. The van der Waals surface area contributed by atoms with Crippen molar-refractivity contribution >= 4 is 0 Å². The van der Waals surface area contributed by atoms with Crippen LogP contribution in [0.1, 0.15) is 30.2 Å². The number of halogens is 4. The largest absolute Gasteiger partial charge is 0.469 e. The van der Waals surface area contributed by atoms with Crippen molar-refractivity contribution in [3.05, 3.63) is 23.7 Å². The van der Waals surface area contributed by atoms with Crippen molar-refractivity contribution < 1.29 is 22.0 Å². The number of furan rings is 1. The van der Waals surface area contributed by atoms with E-state index in [-0.39, 0.29) is 6.04 Å². The first kappa shape index (κ1) is 12.4. The monoisotopic (exact) mass is 251 g/mol. The summed E-state index contributed by atoms with van der Waals surface area (Å²) >= 11 is 0. The molecule has 0 aliphatic heterocycles. The molecular weight excluding hydrogens is 238 g/mol. The van der Waals surface area contributed by atoms with Crippen LogP contribution in [0.3, 0.4) is 0 Å². The highest BCUT2D eigenvalue weighted by molar-refractivity contribution is 5.24. The van der Waals surface area contributed by atoms with Gasteiger partial charge in [-0.25, -0.2) is 8.78 Å². The molecule has 0 saturated carbocycles. The average Bonchev–Trinajstić information content (AvgIpc) is 2.74. The van der Waals surface area contributed by atoms with E-state index in [1.54, 1.807) is 6.07 Å². The van der Waals surface area contributed by atoms with Gasteiger partial charge < -0.3 is 9.73 Å². The van der Waals surface area contributed by atoms with Crippen molar-refractivity contribution in [2.24, 2.45) is 0 Å². The minimum Gasteiger partial charge on any atom is -0.469 e. The zero-order chi connectivity index (χ0) is 12.5. The Morgan fingerprint density at radius 1 is 1.47 bits per heavy atom. The third-order valence-electron chi connectivity index (χ3n) is 2.96. The first-order valence-electron chi connectivity index (χ1n) is 5.46. The van der Waals surface area contributed by atoms with Gasteiger partial charge in [0.2, 0.25) is 0 Å². The van der Waals surface area contributed by atoms with Gasteiger partial charge in [0.25, 0.3) is 0 Å². The van der Waals surface area contributed by atoms with Gasteiger partial charge in [0.05, 0.1) is 12.8 Å². The van der Waals surface area contributed by atoms with Crippen LogP contribution in [0.5, 0.6) is 0 Å². The second-order valence-electron chi connectivity index (χ2n) is 4.19. The molecule has 1 aromatic rings. The molecule has 17 heavy (non-hydrogen) atoms. The predicted molar refractivity (Wildman–Crippen MR) is 53.3 cm³/mol. The zero-order valence-electron chi connectivity index (χ0n) is 9.06. The van der Waals surface area contributed by atoms with E-state index >= 15 is 0 Å². The summed E-state index contributed by atoms with van der Waals surface area (Å²) in [6.07, 6.45) is 0.0915. The van der Waals surface area contributed by atoms with E-state index in [1.807, 2.05) is 0 Å². The summed E-state index contributed by atoms with van der Waals surface area (Å²) < 4.78 is 54.7. The van der Waals surface area contributed by atoms with Crippen LogP contribution in [0.15, 0.2) is 16.7 Å². The number of fused-ring (bicyclic) bond motifs is 1. The zero-order valence-corrected chi connectivity index (χ0v) is 9.06. The molecule has 0 bridgehead atoms. The minimum absolute atomic E-state index is 0.317. The lowest BCUT2D eigenvalue weighted by molar-refractivity contribution is -0.126. The Kier molecular flexibility index (Phi) is 3.42. The van der Waals surface area contributed by atoms with Gasteiger partial charge in [0, 0.05) is 18.0 Å². The third kappa shape index (κ3) is 2.62. The first-order valence-corrected chi connectivity index (χ1v) is 5.46. The number of alkyl halides is 4. The highest BCUT2D eigenvalue weighted by Gasteiger charge is 2.41. The molecule has 2 nitrogen and oxygen atoms in total. The molecule has 1 aliphatic carbocycles. The van der Waals surface area contributed by atoms with E-state index in [2.05, 4.69) is 5.32 Å². The van der Waals surface area contributed by atoms with E-state index < -0.39 is 18.9 Å². The fourth-order valence-corrected chi connectivity index (χ4v) is 2.03. The van der Waals surface area contributed by atoms with Gasteiger partial charge in [-0.2, -0.15) is 8.78 Å². The molecule has 1 unspecified atom stereocenters. The van der Waals surface area contributed by atoms with Crippen LogP contribution in [0.4, 0.5) is 17.6 Å². The van der Waals surface area contributed by atoms with Crippen LogP contribution in [-0.2, 0) is 6.42 Å². The second kappa shape index (κ2) is 4.68. The fourth-order valence-electron chi connectivity index (χ4n) is 2.03. The van der Waals surface area contributed by atoms with E-state index in [0.717, 1.165) is 24.2 Å². The van der Waals surface area contributed by atoms with Gasteiger partial charge in [-0.1, -0.05) is 0 Å². The number of hydrogen-bond acceptors (Lipinski definition) is 2. The Balaban J connectivity index is 1.98. The molecule has 2 rings (SSSR count). The number of nitrogens with one attached hydrogen (secondary N) is 1. The molecule has 0 saturated heterocycles. The molecule has 0 radical (unpaired) electrons. The Morgan fingerprint density at radius 2 is 2.24 bits per heavy atom. The van der Waals surface area contributed by atoms with Crippen molar-refractivity contribution in [1.82, 2.24) is 5.32 Å². The Hall–Kier alpha value is -1.04. The molecular formula is C11H13F4NO. The number of aryl methyl sites for hydroxylation is 1. The summed E-state index contributed by atoms with van der Waals surface area (Å²) in [6.45, 7) is -1.01. The van der Waals surface area contributed by atoms with E-state index in [4.69, 9.17) is 4.42 Å². The van der Waals surface area contributed by atoms with Gasteiger partial charge >= 0.3 is 12.3 Å². The highest BCUT2D eigenvalue weighted by atomic mass is 19.3. The predicted octanol–water partition coefficient (Wildman–Crippen LogP) is 3.15. The molecule has 1 aromatic heterocycles. The molecule has 96 valence electrons. The summed E-state index contributed by atoms with van der Waals surface area (Å²) in [6, 6.07) is 1.38. The molecule has 0 amide bonds. The van der Waals surface area contributed by atoms with Gasteiger partial charge in [-0.15, -0.1) is 0 Å². The Bertz CT molecular complexity index is 377. The maximum Gasteiger partial charge on any atom is 0.319 e. The lowest BCUT2D eigenvalue weighted by Gasteiger charge is -2.25.